The van der Waals surface area contributed by atoms with Crippen molar-refractivity contribution in [3.63, 3.8) is 0 Å². The summed E-state index contributed by atoms with van der Waals surface area (Å²) in [7, 11) is 0. The minimum atomic E-state index is -0.597. The summed E-state index contributed by atoms with van der Waals surface area (Å²) in [4.78, 5) is 42.8. The SMILES string of the molecule is CCCC(C)NC(=O)C1N(CCCCO)C(=O)[C@@H]2[C@@H](C(=O)Nc3ccccc3)[C@@]3(C)CCC12S3. The van der Waals surface area contributed by atoms with Gasteiger partial charge in [-0.1, -0.05) is 31.5 Å². The summed E-state index contributed by atoms with van der Waals surface area (Å²) in [5.74, 6) is -1.36. The summed E-state index contributed by atoms with van der Waals surface area (Å²) >= 11 is 1.69. The van der Waals surface area contributed by atoms with E-state index in [1.54, 1.807) is 16.7 Å². The Bertz CT molecular complexity index is 928. The maximum Gasteiger partial charge on any atom is 0.244 e. The Hall–Kier alpha value is -2.06. The average molecular weight is 488 g/mol. The van der Waals surface area contributed by atoms with Crippen LogP contribution >= 0.6 is 11.8 Å². The lowest BCUT2D eigenvalue weighted by molar-refractivity contribution is -0.139. The van der Waals surface area contributed by atoms with E-state index in [9.17, 15) is 19.5 Å². The number of nitrogens with one attached hydrogen (secondary N) is 2. The van der Waals surface area contributed by atoms with Crippen LogP contribution in [0.5, 0.6) is 0 Å². The zero-order valence-corrected chi connectivity index (χ0v) is 21.2. The van der Waals surface area contributed by atoms with Gasteiger partial charge in [-0.2, -0.15) is 0 Å². The van der Waals surface area contributed by atoms with E-state index in [-0.39, 0.29) is 35.1 Å². The highest BCUT2D eigenvalue weighted by Gasteiger charge is 2.77. The molecular weight excluding hydrogens is 450 g/mol. The second-order valence-electron chi connectivity index (χ2n) is 10.2. The number of unbranched alkanes of at least 4 members (excludes halogenated alkanes) is 1. The first-order valence-electron chi connectivity index (χ1n) is 12.5. The normalized spacial score (nSPS) is 32.5. The van der Waals surface area contributed by atoms with Crippen LogP contribution in [0.25, 0.3) is 0 Å². The van der Waals surface area contributed by atoms with Crippen LogP contribution in [0.3, 0.4) is 0 Å². The van der Waals surface area contributed by atoms with Crippen LogP contribution in [0.1, 0.15) is 59.3 Å². The van der Waals surface area contributed by atoms with Crippen LogP contribution < -0.4 is 10.6 Å². The van der Waals surface area contributed by atoms with Crippen LogP contribution in [0, 0.1) is 11.8 Å². The number of thioether (sulfide) groups is 1. The molecule has 4 rings (SSSR count). The molecule has 3 heterocycles. The molecule has 0 aliphatic carbocycles. The van der Waals surface area contributed by atoms with Gasteiger partial charge in [0, 0.05) is 29.6 Å². The topological polar surface area (TPSA) is 98.7 Å². The van der Waals surface area contributed by atoms with Gasteiger partial charge in [0.1, 0.15) is 6.04 Å². The van der Waals surface area contributed by atoms with Crippen molar-refractivity contribution in [2.24, 2.45) is 11.8 Å². The van der Waals surface area contributed by atoms with E-state index in [1.807, 2.05) is 37.3 Å². The molecule has 2 bridgehead atoms. The molecule has 3 fully saturated rings. The number of rotatable bonds is 10. The monoisotopic (exact) mass is 487 g/mol. The molecule has 3 aliphatic rings. The Labute approximate surface area is 206 Å². The number of carbonyl (C=O) groups is 3. The largest absolute Gasteiger partial charge is 0.396 e. The zero-order valence-electron chi connectivity index (χ0n) is 20.4. The standard InChI is InChI=1S/C26H37N3O4S/c1-4-10-17(2)27-23(32)21-26-14-13-25(3,34-26)19(22(31)28-18-11-6-5-7-12-18)20(26)24(33)29(21)15-8-9-16-30/h5-7,11-12,17,19-21,30H,4,8-10,13-16H2,1-3H3,(H,27,32)(H,28,31)/t17?,19-,20-,21?,25+,26?/m0/s1. The third kappa shape index (κ3) is 4.24. The highest BCUT2D eigenvalue weighted by atomic mass is 32.2. The maximum atomic E-state index is 13.9. The second kappa shape index (κ2) is 9.90. The third-order valence-corrected chi connectivity index (χ3v) is 9.75. The van der Waals surface area contributed by atoms with Gasteiger partial charge in [-0.25, -0.2) is 0 Å². The van der Waals surface area contributed by atoms with Gasteiger partial charge in [0.2, 0.25) is 17.7 Å². The number of benzene rings is 1. The van der Waals surface area contributed by atoms with Crippen molar-refractivity contribution in [2.45, 2.75) is 80.9 Å². The van der Waals surface area contributed by atoms with Crippen molar-refractivity contribution in [3.8, 4) is 0 Å². The molecule has 3 N–H and O–H groups in total. The van der Waals surface area contributed by atoms with Crippen molar-refractivity contribution in [1.82, 2.24) is 10.2 Å². The summed E-state index contributed by atoms with van der Waals surface area (Å²) < 4.78 is -0.982. The van der Waals surface area contributed by atoms with Gasteiger partial charge in [-0.3, -0.25) is 14.4 Å². The molecule has 186 valence electrons. The first kappa shape index (κ1) is 25.0. The number of para-hydroxylation sites is 1. The predicted molar refractivity (Wildman–Crippen MR) is 134 cm³/mol. The smallest absolute Gasteiger partial charge is 0.244 e. The number of likely N-dealkylation sites (tertiary alicyclic amines) is 1. The number of anilines is 1. The quantitative estimate of drug-likeness (QED) is 0.440. The Kier molecular flexibility index (Phi) is 7.29. The number of aliphatic hydroxyl groups excluding tert-OH is 1. The molecule has 0 saturated carbocycles. The van der Waals surface area contributed by atoms with Crippen LogP contribution in [0.2, 0.25) is 0 Å². The Morgan fingerprint density at radius 1 is 1.21 bits per heavy atom. The number of hydrogen-bond acceptors (Lipinski definition) is 5. The van der Waals surface area contributed by atoms with E-state index in [0.29, 0.717) is 25.1 Å². The minimum Gasteiger partial charge on any atom is -0.396 e. The van der Waals surface area contributed by atoms with Gasteiger partial charge in [0.15, 0.2) is 0 Å². The molecular formula is C26H37N3O4S. The van der Waals surface area contributed by atoms with E-state index < -0.39 is 22.6 Å². The summed E-state index contributed by atoms with van der Waals surface area (Å²) in [5.41, 5.74) is 0.714. The zero-order chi connectivity index (χ0) is 24.5. The molecule has 3 aliphatic heterocycles. The molecule has 8 heteroatoms. The van der Waals surface area contributed by atoms with Gasteiger partial charge in [-0.05, 0) is 58.1 Å². The number of hydrogen-bond donors (Lipinski definition) is 3. The van der Waals surface area contributed by atoms with Crippen molar-refractivity contribution < 1.29 is 19.5 Å². The van der Waals surface area contributed by atoms with Gasteiger partial charge < -0.3 is 20.6 Å². The van der Waals surface area contributed by atoms with E-state index in [2.05, 4.69) is 24.5 Å². The molecule has 1 aromatic rings. The van der Waals surface area contributed by atoms with Gasteiger partial charge in [0.25, 0.3) is 0 Å². The summed E-state index contributed by atoms with van der Waals surface area (Å²) in [6.07, 6.45) is 4.59. The maximum absolute atomic E-state index is 13.9. The molecule has 3 amide bonds. The van der Waals surface area contributed by atoms with Crippen molar-refractivity contribution in [3.05, 3.63) is 30.3 Å². The van der Waals surface area contributed by atoms with Crippen LogP contribution in [0.4, 0.5) is 5.69 Å². The highest BCUT2D eigenvalue weighted by Crippen LogP contribution is 2.71. The van der Waals surface area contributed by atoms with E-state index in [1.165, 1.54) is 0 Å². The minimum absolute atomic E-state index is 0.0266. The predicted octanol–water partition coefficient (Wildman–Crippen LogP) is 3.18. The molecule has 0 radical (unpaired) electrons. The average Bonchev–Trinajstić information content (AvgIpc) is 3.35. The van der Waals surface area contributed by atoms with E-state index in [4.69, 9.17) is 0 Å². The van der Waals surface area contributed by atoms with Crippen LogP contribution in [0.15, 0.2) is 30.3 Å². The molecule has 3 saturated heterocycles. The molecule has 34 heavy (non-hydrogen) atoms. The van der Waals surface area contributed by atoms with Crippen molar-refractivity contribution in [1.29, 1.82) is 0 Å². The third-order valence-electron chi connectivity index (χ3n) is 7.77. The molecule has 0 aromatic heterocycles. The lowest BCUT2D eigenvalue weighted by atomic mass is 9.66. The lowest BCUT2D eigenvalue weighted by Crippen LogP contribution is -2.55. The van der Waals surface area contributed by atoms with Crippen molar-refractivity contribution in [2.75, 3.05) is 18.5 Å². The molecule has 1 spiro atoms. The summed E-state index contributed by atoms with van der Waals surface area (Å²) in [6, 6.07) is 8.76. The van der Waals surface area contributed by atoms with Crippen LogP contribution in [-0.2, 0) is 14.4 Å². The molecule has 7 nitrogen and oxygen atoms in total. The molecule has 6 atom stereocenters. The fourth-order valence-electron chi connectivity index (χ4n) is 6.33. The highest BCUT2D eigenvalue weighted by molar-refractivity contribution is 8.02. The van der Waals surface area contributed by atoms with Gasteiger partial charge in [-0.15, -0.1) is 11.8 Å². The fraction of sp³-hybridized carbons (Fsp3) is 0.654. The first-order valence-corrected chi connectivity index (χ1v) is 13.4. The Balaban J connectivity index is 1.66. The summed E-state index contributed by atoms with van der Waals surface area (Å²) in [5, 5.41) is 15.5. The number of nitrogens with zero attached hydrogens (tertiary/aromatic N) is 1. The molecule has 3 unspecified atom stereocenters. The summed E-state index contributed by atoms with van der Waals surface area (Å²) in [6.45, 7) is 6.64. The van der Waals surface area contributed by atoms with Gasteiger partial charge >= 0.3 is 0 Å². The van der Waals surface area contributed by atoms with Gasteiger partial charge in [0.05, 0.1) is 16.6 Å². The lowest BCUT2D eigenvalue weighted by Gasteiger charge is -2.35. The Morgan fingerprint density at radius 3 is 2.62 bits per heavy atom. The second-order valence-corrected chi connectivity index (χ2v) is 12.1. The molecule has 1 aromatic carbocycles. The Morgan fingerprint density at radius 2 is 1.94 bits per heavy atom. The number of amides is 3. The van der Waals surface area contributed by atoms with Crippen LogP contribution in [-0.4, -0.2) is 62.5 Å². The number of carbonyl (C=O) groups excluding carboxylic acids is 3. The fourth-order valence-corrected chi connectivity index (χ4v) is 8.69. The van der Waals surface area contributed by atoms with E-state index in [0.717, 1.165) is 25.7 Å². The number of aliphatic hydroxyl groups is 1. The first-order chi connectivity index (χ1) is 16.3. The number of fused-ring (bicyclic) bond motifs is 1. The van der Waals surface area contributed by atoms with Crippen molar-refractivity contribution >= 4 is 35.2 Å². The van der Waals surface area contributed by atoms with E-state index >= 15 is 0 Å².